The van der Waals surface area contributed by atoms with Gasteiger partial charge in [-0.25, -0.2) is 18.2 Å². The van der Waals surface area contributed by atoms with Crippen molar-refractivity contribution >= 4 is 50.5 Å². The van der Waals surface area contributed by atoms with Gasteiger partial charge in [0.05, 0.1) is 11.8 Å². The number of ether oxygens (including phenoxy) is 2. The minimum absolute atomic E-state index is 0.0442. The zero-order valence-electron chi connectivity index (χ0n) is 28.1. The van der Waals surface area contributed by atoms with E-state index in [0.717, 1.165) is 11.5 Å². The smallest absolute Gasteiger partial charge is 0.408 e. The van der Waals surface area contributed by atoms with Crippen molar-refractivity contribution < 1.29 is 41.9 Å². The molecule has 5 atom stereocenters. The van der Waals surface area contributed by atoms with Gasteiger partial charge in [0.2, 0.25) is 33.6 Å². The van der Waals surface area contributed by atoms with Gasteiger partial charge in [0.15, 0.2) is 0 Å². The van der Waals surface area contributed by atoms with Crippen LogP contribution in [0.1, 0.15) is 46.5 Å². The van der Waals surface area contributed by atoms with Gasteiger partial charge in [0, 0.05) is 30.5 Å². The maximum atomic E-state index is 14.2. The van der Waals surface area contributed by atoms with Gasteiger partial charge in [-0.15, -0.1) is 6.58 Å². The van der Waals surface area contributed by atoms with Crippen LogP contribution in [0.4, 0.5) is 4.79 Å². The fraction of sp³-hybridized carbons (Fsp3) is 0.471. The molecule has 5 amide bonds. The quantitative estimate of drug-likeness (QED) is 0.174. The highest BCUT2D eigenvalue weighted by atomic mass is 32.2. The van der Waals surface area contributed by atoms with Crippen molar-refractivity contribution in [2.45, 2.75) is 81.0 Å². The van der Waals surface area contributed by atoms with Crippen LogP contribution in [0.2, 0.25) is 0 Å². The van der Waals surface area contributed by atoms with Gasteiger partial charge in [0.25, 0.3) is 5.91 Å². The van der Waals surface area contributed by atoms with Gasteiger partial charge in [-0.3, -0.25) is 23.9 Å². The zero-order valence-corrected chi connectivity index (χ0v) is 29.0. The lowest BCUT2D eigenvalue weighted by atomic mass is 10.1. The molecule has 5 rings (SSSR count). The Balaban J connectivity index is 1.43. The standard InChI is InChI=1S/C34H42N6O9S/c1-6-21-17-34(21,31(44)39-50(46,47)23-12-13-23)38-28(42)26-16-22(48-29-24-11-9-8-10-20(24)14-15-35-29)19-40(26)30(43)25(18-36-27(41)7-2)37-32(45)49-33(3,4)5/h6-11,14-15,21-23,25-26H,1-2,12-13,16-19H2,3-5H3,(H,36,41)(H,37,45)(H,38,42)(H,39,44)/t21?,22-,25+,26+,34-/m1/s1. The van der Waals surface area contributed by atoms with Crippen LogP contribution < -0.4 is 25.4 Å². The predicted octanol–water partition coefficient (Wildman–Crippen LogP) is 1.45. The summed E-state index contributed by atoms with van der Waals surface area (Å²) in [6, 6.07) is 6.58. The zero-order chi connectivity index (χ0) is 36.4. The van der Waals surface area contributed by atoms with Crippen molar-refractivity contribution in [1.82, 2.24) is 30.6 Å². The van der Waals surface area contributed by atoms with E-state index in [-0.39, 0.29) is 31.8 Å². The molecule has 3 fully saturated rings. The van der Waals surface area contributed by atoms with Crippen molar-refractivity contribution in [2.75, 3.05) is 13.1 Å². The minimum atomic E-state index is -3.92. The second-order valence-corrected chi connectivity index (χ2v) is 15.6. The lowest BCUT2D eigenvalue weighted by Crippen LogP contribution is -2.59. The number of fused-ring (bicyclic) bond motifs is 1. The predicted molar refractivity (Wildman–Crippen MR) is 182 cm³/mol. The Labute approximate surface area is 290 Å². The molecule has 1 aromatic heterocycles. The summed E-state index contributed by atoms with van der Waals surface area (Å²) in [5.74, 6) is -3.27. The van der Waals surface area contributed by atoms with Crippen LogP contribution in [0.5, 0.6) is 5.88 Å². The summed E-state index contributed by atoms with van der Waals surface area (Å²) in [7, 11) is -3.92. The van der Waals surface area contributed by atoms with Crippen molar-refractivity contribution in [3.8, 4) is 5.88 Å². The maximum absolute atomic E-state index is 14.2. The minimum Gasteiger partial charge on any atom is -0.472 e. The number of carbonyl (C=O) groups excluding carboxylic acids is 5. The van der Waals surface area contributed by atoms with E-state index in [1.807, 2.05) is 30.3 Å². The topological polar surface area (TPSA) is 202 Å². The molecule has 1 aliphatic heterocycles. The fourth-order valence-electron chi connectivity index (χ4n) is 5.86. The Morgan fingerprint density at radius 1 is 1.12 bits per heavy atom. The summed E-state index contributed by atoms with van der Waals surface area (Å²) in [4.78, 5) is 72.2. The molecule has 50 heavy (non-hydrogen) atoms. The van der Waals surface area contributed by atoms with Crippen LogP contribution in [0.15, 0.2) is 61.8 Å². The normalized spacial score (nSPS) is 23.6. The molecule has 1 saturated heterocycles. The number of rotatable bonds is 13. The number of carbonyl (C=O) groups is 5. The molecule has 4 N–H and O–H groups in total. The number of nitrogens with one attached hydrogen (secondary N) is 4. The average Bonchev–Trinajstić information content (AvgIpc) is 3.98. The van der Waals surface area contributed by atoms with Crippen LogP contribution in [0.3, 0.4) is 0 Å². The molecule has 2 aromatic rings. The molecule has 16 heteroatoms. The SMILES string of the molecule is C=CC(=O)NC[C@H](NC(=O)OC(C)(C)C)C(=O)N1C[C@H](Oc2nccc3ccccc23)C[C@H]1C(=O)N[C@]1(C(=O)NS(=O)(=O)C2CC2)CC1C=C. The summed E-state index contributed by atoms with van der Waals surface area (Å²) in [5, 5.41) is 8.59. The van der Waals surface area contributed by atoms with Gasteiger partial charge < -0.3 is 30.3 Å². The molecule has 0 radical (unpaired) electrons. The van der Waals surface area contributed by atoms with Crippen LogP contribution in [-0.4, -0.2) is 95.7 Å². The summed E-state index contributed by atoms with van der Waals surface area (Å²) in [5.41, 5.74) is -2.51. The number of alkyl carbamates (subject to hydrolysis) is 1. The van der Waals surface area contributed by atoms with E-state index in [2.05, 4.69) is 38.8 Å². The van der Waals surface area contributed by atoms with Crippen molar-refractivity contribution in [3.05, 3.63) is 61.8 Å². The Hall–Kier alpha value is -4.99. The second kappa shape index (κ2) is 14.1. The van der Waals surface area contributed by atoms with Gasteiger partial charge >= 0.3 is 6.09 Å². The van der Waals surface area contributed by atoms with E-state index in [1.165, 1.54) is 11.0 Å². The van der Waals surface area contributed by atoms with Crippen molar-refractivity contribution in [2.24, 2.45) is 5.92 Å². The molecular weight excluding hydrogens is 668 g/mol. The van der Waals surface area contributed by atoms with Crippen LogP contribution in [0.25, 0.3) is 10.8 Å². The number of hydrogen-bond acceptors (Lipinski definition) is 10. The second-order valence-electron chi connectivity index (χ2n) is 13.6. The number of amides is 5. The lowest BCUT2D eigenvalue weighted by Gasteiger charge is -2.30. The van der Waals surface area contributed by atoms with E-state index < -0.39 is 80.2 Å². The molecule has 2 heterocycles. The highest BCUT2D eigenvalue weighted by Gasteiger charge is 2.62. The first-order valence-electron chi connectivity index (χ1n) is 16.3. The molecule has 2 saturated carbocycles. The number of aromatic nitrogens is 1. The fourth-order valence-corrected chi connectivity index (χ4v) is 7.23. The molecule has 2 aliphatic carbocycles. The Bertz CT molecular complexity index is 1820. The van der Waals surface area contributed by atoms with E-state index >= 15 is 0 Å². The lowest BCUT2D eigenvalue weighted by molar-refractivity contribution is -0.141. The maximum Gasteiger partial charge on any atom is 0.408 e. The van der Waals surface area contributed by atoms with Crippen molar-refractivity contribution in [1.29, 1.82) is 0 Å². The number of pyridine rings is 1. The van der Waals surface area contributed by atoms with E-state index in [0.29, 0.717) is 18.2 Å². The number of likely N-dealkylation sites (tertiary alicyclic amines) is 1. The molecule has 0 bridgehead atoms. The molecule has 0 spiro atoms. The Morgan fingerprint density at radius 3 is 2.48 bits per heavy atom. The van der Waals surface area contributed by atoms with Crippen LogP contribution in [-0.2, 0) is 33.9 Å². The number of sulfonamides is 1. The third kappa shape index (κ3) is 8.23. The molecule has 1 unspecified atom stereocenters. The van der Waals surface area contributed by atoms with Crippen LogP contribution in [0, 0.1) is 5.92 Å². The average molecular weight is 711 g/mol. The number of nitrogens with zero attached hydrogens (tertiary/aromatic N) is 2. The van der Waals surface area contributed by atoms with E-state index in [1.54, 1.807) is 27.0 Å². The first kappa shape index (κ1) is 36.3. The summed E-state index contributed by atoms with van der Waals surface area (Å²) in [6.07, 6.45) is 3.26. The summed E-state index contributed by atoms with van der Waals surface area (Å²) in [6.45, 7) is 11.6. The van der Waals surface area contributed by atoms with Gasteiger partial charge in [-0.1, -0.05) is 30.9 Å². The highest BCUT2D eigenvalue weighted by Crippen LogP contribution is 2.45. The highest BCUT2D eigenvalue weighted by molar-refractivity contribution is 7.91. The number of hydrogen-bond donors (Lipinski definition) is 4. The molecule has 268 valence electrons. The van der Waals surface area contributed by atoms with Crippen molar-refractivity contribution in [3.63, 3.8) is 0 Å². The largest absolute Gasteiger partial charge is 0.472 e. The third-order valence-corrected chi connectivity index (χ3v) is 10.5. The Morgan fingerprint density at radius 2 is 1.84 bits per heavy atom. The summed E-state index contributed by atoms with van der Waals surface area (Å²) < 4.78 is 39.0. The van der Waals surface area contributed by atoms with Gasteiger partial charge in [-0.05, 0) is 63.6 Å². The van der Waals surface area contributed by atoms with Crippen LogP contribution >= 0.6 is 0 Å². The first-order chi connectivity index (χ1) is 23.6. The monoisotopic (exact) mass is 710 g/mol. The van der Waals surface area contributed by atoms with Gasteiger partial charge in [-0.2, -0.15) is 0 Å². The van der Waals surface area contributed by atoms with E-state index in [4.69, 9.17) is 9.47 Å². The first-order valence-corrected chi connectivity index (χ1v) is 17.8. The third-order valence-electron chi connectivity index (χ3n) is 8.67. The Kier molecular flexibility index (Phi) is 10.2. The van der Waals surface area contributed by atoms with E-state index in [9.17, 15) is 32.4 Å². The molecular formula is C34H42N6O9S. The number of benzene rings is 1. The molecule has 3 aliphatic rings. The molecule has 1 aromatic carbocycles. The van der Waals surface area contributed by atoms with Gasteiger partial charge in [0.1, 0.15) is 29.3 Å². The summed E-state index contributed by atoms with van der Waals surface area (Å²) >= 11 is 0. The molecule has 15 nitrogen and oxygen atoms in total.